The molecule has 3 rings (SSSR count). The number of aromatic nitrogens is 2. The van der Waals surface area contributed by atoms with Crippen LogP contribution in [0.3, 0.4) is 0 Å². The number of fused-ring (bicyclic) bond motifs is 1. The third kappa shape index (κ3) is 3.28. The van der Waals surface area contributed by atoms with Crippen LogP contribution in [0, 0.1) is 0 Å². The lowest BCUT2D eigenvalue weighted by atomic mass is 10.00. The number of likely N-dealkylation sites (tertiary alicyclic amines) is 1. The van der Waals surface area contributed by atoms with Crippen LogP contribution in [-0.2, 0) is 11.3 Å². The van der Waals surface area contributed by atoms with Crippen molar-refractivity contribution in [1.82, 2.24) is 14.5 Å². The van der Waals surface area contributed by atoms with E-state index in [2.05, 4.69) is 11.9 Å². The van der Waals surface area contributed by atoms with E-state index in [-0.39, 0.29) is 24.1 Å². The quantitative estimate of drug-likeness (QED) is 0.833. The molecule has 0 radical (unpaired) electrons. The molecule has 0 spiro atoms. The molecule has 0 N–H and O–H groups in total. The van der Waals surface area contributed by atoms with Gasteiger partial charge in [0, 0.05) is 17.6 Å². The van der Waals surface area contributed by atoms with Gasteiger partial charge in [-0.25, -0.2) is 4.98 Å². The van der Waals surface area contributed by atoms with Crippen LogP contribution in [0.5, 0.6) is 0 Å². The maximum absolute atomic E-state index is 12.6. The van der Waals surface area contributed by atoms with E-state index in [0.29, 0.717) is 20.9 Å². The van der Waals surface area contributed by atoms with Gasteiger partial charge in [0.15, 0.2) is 0 Å². The monoisotopic (exact) mass is 367 g/mol. The lowest BCUT2D eigenvalue weighted by molar-refractivity contribution is -0.135. The summed E-state index contributed by atoms with van der Waals surface area (Å²) in [4.78, 5) is 31.4. The summed E-state index contributed by atoms with van der Waals surface area (Å²) >= 11 is 12.1. The van der Waals surface area contributed by atoms with E-state index in [9.17, 15) is 9.59 Å². The van der Waals surface area contributed by atoms with Gasteiger partial charge in [-0.1, -0.05) is 30.1 Å². The van der Waals surface area contributed by atoms with Crippen LogP contribution in [0.4, 0.5) is 0 Å². The van der Waals surface area contributed by atoms with Gasteiger partial charge in [0.25, 0.3) is 5.56 Å². The van der Waals surface area contributed by atoms with Crippen LogP contribution >= 0.6 is 23.2 Å². The molecule has 128 valence electrons. The minimum absolute atomic E-state index is 0.0115. The average molecular weight is 368 g/mol. The van der Waals surface area contributed by atoms with E-state index in [0.717, 1.165) is 32.2 Å². The van der Waals surface area contributed by atoms with Crippen LogP contribution in [0.25, 0.3) is 10.9 Å². The first-order valence-electron chi connectivity index (χ1n) is 8.15. The molecule has 5 nitrogen and oxygen atoms in total. The molecule has 0 aliphatic carbocycles. The Labute approximate surface area is 150 Å². The summed E-state index contributed by atoms with van der Waals surface area (Å²) in [5.74, 6) is -0.0436. The summed E-state index contributed by atoms with van der Waals surface area (Å²) in [7, 11) is 0. The van der Waals surface area contributed by atoms with Gasteiger partial charge in [-0.05, 0) is 37.8 Å². The molecule has 1 saturated heterocycles. The summed E-state index contributed by atoms with van der Waals surface area (Å²) in [6.45, 7) is 2.83. The van der Waals surface area contributed by atoms with Crippen LogP contribution in [0.15, 0.2) is 23.3 Å². The van der Waals surface area contributed by atoms with Gasteiger partial charge >= 0.3 is 0 Å². The van der Waals surface area contributed by atoms with Crippen molar-refractivity contribution in [3.8, 4) is 0 Å². The smallest absolute Gasteiger partial charge is 0.261 e. The van der Waals surface area contributed by atoms with Crippen molar-refractivity contribution in [1.29, 1.82) is 0 Å². The van der Waals surface area contributed by atoms with E-state index < -0.39 is 0 Å². The Morgan fingerprint density at radius 3 is 2.88 bits per heavy atom. The lowest BCUT2D eigenvalue weighted by Gasteiger charge is -2.35. The number of halogens is 2. The number of hydrogen-bond acceptors (Lipinski definition) is 3. The number of carbonyl (C=O) groups excluding carboxylic acids is 1. The Hall–Kier alpha value is -1.59. The predicted octanol–water partition coefficient (Wildman–Crippen LogP) is 3.49. The predicted molar refractivity (Wildman–Crippen MR) is 95.7 cm³/mol. The van der Waals surface area contributed by atoms with Crippen molar-refractivity contribution >= 4 is 40.0 Å². The van der Waals surface area contributed by atoms with Crippen LogP contribution in [0.2, 0.25) is 10.0 Å². The fourth-order valence-electron chi connectivity index (χ4n) is 3.30. The fourth-order valence-corrected chi connectivity index (χ4v) is 3.84. The summed E-state index contributed by atoms with van der Waals surface area (Å²) in [5, 5.41) is 1.03. The molecule has 1 fully saturated rings. The van der Waals surface area contributed by atoms with Gasteiger partial charge in [-0.2, -0.15) is 0 Å². The number of hydrogen-bond donors (Lipinski definition) is 0. The first kappa shape index (κ1) is 17.2. The lowest BCUT2D eigenvalue weighted by Crippen LogP contribution is -2.45. The van der Waals surface area contributed by atoms with Crippen molar-refractivity contribution < 1.29 is 4.79 Å². The summed E-state index contributed by atoms with van der Waals surface area (Å²) in [6.07, 6.45) is 5.50. The minimum Gasteiger partial charge on any atom is -0.338 e. The molecule has 0 saturated carbocycles. The number of amides is 1. The molecule has 24 heavy (non-hydrogen) atoms. The summed E-state index contributed by atoms with van der Waals surface area (Å²) in [6, 6.07) is 3.35. The zero-order valence-corrected chi connectivity index (χ0v) is 15.0. The van der Waals surface area contributed by atoms with E-state index in [1.54, 1.807) is 6.07 Å². The van der Waals surface area contributed by atoms with Gasteiger partial charge in [0.1, 0.15) is 6.54 Å². The third-order valence-corrected chi connectivity index (χ3v) is 5.08. The second-order valence-electron chi connectivity index (χ2n) is 6.11. The number of carbonyl (C=O) groups is 1. The Morgan fingerprint density at radius 1 is 1.33 bits per heavy atom. The van der Waals surface area contributed by atoms with Crippen molar-refractivity contribution in [2.24, 2.45) is 0 Å². The number of rotatable bonds is 3. The normalized spacial score (nSPS) is 18.1. The molecule has 7 heteroatoms. The largest absolute Gasteiger partial charge is 0.338 e. The SMILES string of the molecule is CC[C@H]1CCCCN1C(=O)Cn1cnc2c(Cl)cc(Cl)cc2c1=O. The number of nitrogens with zero attached hydrogens (tertiary/aromatic N) is 3. The van der Waals surface area contributed by atoms with Crippen LogP contribution in [0.1, 0.15) is 32.6 Å². The van der Waals surface area contributed by atoms with Crippen molar-refractivity contribution in [2.75, 3.05) is 6.54 Å². The highest BCUT2D eigenvalue weighted by molar-refractivity contribution is 6.38. The Bertz CT molecular complexity index is 834. The topological polar surface area (TPSA) is 55.2 Å². The van der Waals surface area contributed by atoms with Gasteiger partial charge in [-0.3, -0.25) is 14.2 Å². The maximum Gasteiger partial charge on any atom is 0.261 e. The second-order valence-corrected chi connectivity index (χ2v) is 6.95. The van der Waals surface area contributed by atoms with Gasteiger partial charge in [0.2, 0.25) is 5.91 Å². The van der Waals surface area contributed by atoms with Crippen molar-refractivity contribution in [2.45, 2.75) is 45.2 Å². The molecule has 1 amide bonds. The summed E-state index contributed by atoms with van der Waals surface area (Å²) in [5.41, 5.74) is 0.0991. The maximum atomic E-state index is 12.6. The van der Waals surface area contributed by atoms with E-state index >= 15 is 0 Å². The van der Waals surface area contributed by atoms with E-state index in [1.807, 2.05) is 4.90 Å². The third-order valence-electron chi connectivity index (χ3n) is 4.57. The van der Waals surface area contributed by atoms with Gasteiger partial charge in [-0.15, -0.1) is 0 Å². The van der Waals surface area contributed by atoms with Crippen molar-refractivity contribution in [3.05, 3.63) is 38.9 Å². The molecule has 1 atom stereocenters. The number of piperidine rings is 1. The zero-order chi connectivity index (χ0) is 17.3. The minimum atomic E-state index is -0.303. The highest BCUT2D eigenvalue weighted by Crippen LogP contribution is 2.24. The van der Waals surface area contributed by atoms with E-state index in [4.69, 9.17) is 23.2 Å². The molecule has 1 aromatic carbocycles. The molecule has 2 heterocycles. The zero-order valence-electron chi connectivity index (χ0n) is 13.5. The van der Waals surface area contributed by atoms with Crippen molar-refractivity contribution in [3.63, 3.8) is 0 Å². The summed E-state index contributed by atoms with van der Waals surface area (Å²) < 4.78 is 1.33. The highest BCUT2D eigenvalue weighted by Gasteiger charge is 2.25. The second kappa shape index (κ2) is 7.11. The standard InChI is InChI=1S/C17H19Cl2N3O2/c1-2-12-5-3-4-6-22(12)15(23)9-21-10-20-16-13(17(21)24)7-11(18)8-14(16)19/h7-8,10,12H,2-6,9H2,1H3/t12-/m0/s1. The molecule has 1 aliphatic rings. The van der Waals surface area contributed by atoms with Gasteiger partial charge < -0.3 is 4.90 Å². The Balaban J connectivity index is 1.91. The fraction of sp³-hybridized carbons (Fsp3) is 0.471. The molecule has 0 bridgehead atoms. The average Bonchev–Trinajstić information content (AvgIpc) is 2.57. The van der Waals surface area contributed by atoms with E-state index in [1.165, 1.54) is 17.0 Å². The van der Waals surface area contributed by atoms with Gasteiger partial charge in [0.05, 0.1) is 22.3 Å². The Morgan fingerprint density at radius 2 is 2.12 bits per heavy atom. The molecular formula is C17H19Cl2N3O2. The van der Waals surface area contributed by atoms with Crippen LogP contribution in [-0.4, -0.2) is 32.9 Å². The number of benzene rings is 1. The highest BCUT2D eigenvalue weighted by atomic mass is 35.5. The van der Waals surface area contributed by atoms with Crippen LogP contribution < -0.4 is 5.56 Å². The first-order valence-corrected chi connectivity index (χ1v) is 8.90. The molecular weight excluding hydrogens is 349 g/mol. The first-order chi connectivity index (χ1) is 11.5. The molecule has 1 aromatic heterocycles. The molecule has 1 aliphatic heterocycles. The Kier molecular flexibility index (Phi) is 5.11. The molecule has 0 unspecified atom stereocenters. The molecule has 2 aromatic rings.